The number of aromatic nitrogens is 3. The topological polar surface area (TPSA) is 99.9 Å². The predicted molar refractivity (Wildman–Crippen MR) is 86.1 cm³/mol. The Hall–Kier alpha value is -3.15. The number of nitrogens with zero attached hydrogens (tertiary/aromatic N) is 3. The van der Waals surface area contributed by atoms with E-state index in [2.05, 4.69) is 15.0 Å². The summed E-state index contributed by atoms with van der Waals surface area (Å²) in [4.78, 5) is 12.5. The second-order valence-electron chi connectivity index (χ2n) is 4.66. The van der Waals surface area contributed by atoms with Crippen molar-refractivity contribution in [3.63, 3.8) is 0 Å². The summed E-state index contributed by atoms with van der Waals surface area (Å²) in [5, 5.41) is 0. The molecule has 0 unspecified atom stereocenters. The lowest BCUT2D eigenvalue weighted by Gasteiger charge is -2.12. The Morgan fingerprint density at radius 3 is 2.55 bits per heavy atom. The van der Waals surface area contributed by atoms with Gasteiger partial charge >= 0.3 is 0 Å². The maximum atomic E-state index is 6.07. The minimum atomic E-state index is 0.128. The summed E-state index contributed by atoms with van der Waals surface area (Å²) in [5.41, 5.74) is 14.9. The van der Waals surface area contributed by atoms with Crippen molar-refractivity contribution in [2.45, 2.75) is 0 Å². The summed E-state index contributed by atoms with van der Waals surface area (Å²) in [7, 11) is 1.61. The van der Waals surface area contributed by atoms with E-state index in [0.29, 0.717) is 17.1 Å². The van der Waals surface area contributed by atoms with E-state index in [0.717, 1.165) is 16.9 Å². The molecule has 110 valence electrons. The Morgan fingerprint density at radius 1 is 1.00 bits per heavy atom. The highest BCUT2D eigenvalue weighted by Gasteiger charge is 2.15. The number of anilines is 2. The van der Waals surface area contributed by atoms with Crippen LogP contribution in [0.5, 0.6) is 5.75 Å². The molecule has 0 spiro atoms. The van der Waals surface area contributed by atoms with Gasteiger partial charge in [-0.05, 0) is 18.2 Å². The molecule has 22 heavy (non-hydrogen) atoms. The zero-order chi connectivity index (χ0) is 15.5. The first kappa shape index (κ1) is 13.8. The first-order chi connectivity index (χ1) is 10.7. The molecule has 0 amide bonds. The minimum absolute atomic E-state index is 0.128. The second kappa shape index (κ2) is 5.69. The summed E-state index contributed by atoms with van der Waals surface area (Å²) in [5.74, 6) is 1.17. The van der Waals surface area contributed by atoms with Crippen molar-refractivity contribution in [2.24, 2.45) is 0 Å². The SMILES string of the molecule is COc1cccc(-c2nc(N)nc(N)c2-c2cccnc2)c1. The van der Waals surface area contributed by atoms with Gasteiger partial charge in [0.05, 0.1) is 18.4 Å². The smallest absolute Gasteiger partial charge is 0.222 e. The Morgan fingerprint density at radius 2 is 1.82 bits per heavy atom. The number of nitrogen functional groups attached to an aromatic ring is 2. The molecule has 0 bridgehead atoms. The fourth-order valence-electron chi connectivity index (χ4n) is 2.27. The molecule has 2 heterocycles. The molecular weight excluding hydrogens is 278 g/mol. The van der Waals surface area contributed by atoms with E-state index in [9.17, 15) is 0 Å². The fraction of sp³-hybridized carbons (Fsp3) is 0.0625. The van der Waals surface area contributed by atoms with Crippen molar-refractivity contribution in [2.75, 3.05) is 18.6 Å². The van der Waals surface area contributed by atoms with Crippen LogP contribution in [0.15, 0.2) is 48.8 Å². The molecular formula is C16H15N5O. The quantitative estimate of drug-likeness (QED) is 0.769. The van der Waals surface area contributed by atoms with Crippen LogP contribution in [0.1, 0.15) is 0 Å². The standard InChI is InChI=1S/C16H15N5O/c1-22-12-6-2-4-10(8-12)14-13(11-5-3-7-19-9-11)15(17)21-16(18)20-14/h2-9H,1H3,(H4,17,18,20,21). The summed E-state index contributed by atoms with van der Waals surface area (Å²) >= 11 is 0. The number of methoxy groups -OCH3 is 1. The summed E-state index contributed by atoms with van der Waals surface area (Å²) < 4.78 is 5.26. The lowest BCUT2D eigenvalue weighted by Crippen LogP contribution is -2.04. The third kappa shape index (κ3) is 2.54. The largest absolute Gasteiger partial charge is 0.497 e. The summed E-state index contributed by atoms with van der Waals surface area (Å²) in [6.07, 6.45) is 3.41. The molecule has 2 aromatic heterocycles. The van der Waals surface area contributed by atoms with Gasteiger partial charge in [0, 0.05) is 23.5 Å². The maximum Gasteiger partial charge on any atom is 0.222 e. The van der Waals surface area contributed by atoms with Crippen LogP contribution in [-0.4, -0.2) is 22.1 Å². The number of hydrogen-bond acceptors (Lipinski definition) is 6. The average Bonchev–Trinajstić information content (AvgIpc) is 2.55. The van der Waals surface area contributed by atoms with Gasteiger partial charge in [-0.1, -0.05) is 18.2 Å². The Labute approximate surface area is 127 Å². The van der Waals surface area contributed by atoms with Gasteiger partial charge in [-0.25, -0.2) is 4.98 Å². The minimum Gasteiger partial charge on any atom is -0.497 e. The molecule has 0 saturated carbocycles. The molecule has 6 nitrogen and oxygen atoms in total. The van der Waals surface area contributed by atoms with Crippen molar-refractivity contribution >= 4 is 11.8 Å². The van der Waals surface area contributed by atoms with E-state index in [1.54, 1.807) is 19.5 Å². The lowest BCUT2D eigenvalue weighted by molar-refractivity contribution is 0.415. The third-order valence-electron chi connectivity index (χ3n) is 3.25. The lowest BCUT2D eigenvalue weighted by atomic mass is 10.0. The van der Waals surface area contributed by atoms with Crippen molar-refractivity contribution in [3.05, 3.63) is 48.8 Å². The molecule has 4 N–H and O–H groups in total. The van der Waals surface area contributed by atoms with E-state index in [1.807, 2.05) is 36.4 Å². The van der Waals surface area contributed by atoms with Crippen molar-refractivity contribution in [3.8, 4) is 28.1 Å². The van der Waals surface area contributed by atoms with E-state index in [4.69, 9.17) is 16.2 Å². The number of pyridine rings is 1. The number of benzene rings is 1. The molecule has 3 rings (SSSR count). The van der Waals surface area contributed by atoms with Crippen LogP contribution >= 0.6 is 0 Å². The molecule has 0 saturated heterocycles. The first-order valence-electron chi connectivity index (χ1n) is 6.67. The van der Waals surface area contributed by atoms with Gasteiger partial charge in [-0.3, -0.25) is 4.98 Å². The summed E-state index contributed by atoms with van der Waals surface area (Å²) in [6, 6.07) is 11.3. The van der Waals surface area contributed by atoms with Crippen LogP contribution in [-0.2, 0) is 0 Å². The number of nitrogens with two attached hydrogens (primary N) is 2. The molecule has 0 aliphatic heterocycles. The van der Waals surface area contributed by atoms with Gasteiger partial charge in [0.1, 0.15) is 11.6 Å². The molecule has 1 aromatic carbocycles. The van der Waals surface area contributed by atoms with Gasteiger partial charge < -0.3 is 16.2 Å². The zero-order valence-corrected chi connectivity index (χ0v) is 12.0. The number of ether oxygens (including phenoxy) is 1. The second-order valence-corrected chi connectivity index (χ2v) is 4.66. The third-order valence-corrected chi connectivity index (χ3v) is 3.25. The van der Waals surface area contributed by atoms with Gasteiger partial charge in [0.25, 0.3) is 0 Å². The predicted octanol–water partition coefficient (Wildman–Crippen LogP) is 2.38. The summed E-state index contributed by atoms with van der Waals surface area (Å²) in [6.45, 7) is 0. The van der Waals surface area contributed by atoms with Crippen molar-refractivity contribution < 1.29 is 4.74 Å². The van der Waals surface area contributed by atoms with Gasteiger partial charge in [0.2, 0.25) is 5.95 Å². The van der Waals surface area contributed by atoms with Gasteiger partial charge in [-0.2, -0.15) is 4.98 Å². The molecule has 6 heteroatoms. The molecule has 0 fully saturated rings. The molecule has 3 aromatic rings. The van der Waals surface area contributed by atoms with Crippen LogP contribution < -0.4 is 16.2 Å². The Bertz CT molecular complexity index is 805. The molecule has 0 aliphatic rings. The van der Waals surface area contributed by atoms with Crippen LogP contribution in [0.4, 0.5) is 11.8 Å². The molecule has 0 radical (unpaired) electrons. The van der Waals surface area contributed by atoms with Crippen LogP contribution in [0.2, 0.25) is 0 Å². The van der Waals surface area contributed by atoms with Crippen LogP contribution in [0.25, 0.3) is 22.4 Å². The van der Waals surface area contributed by atoms with Crippen molar-refractivity contribution in [1.29, 1.82) is 0 Å². The Kier molecular flexibility index (Phi) is 3.57. The van der Waals surface area contributed by atoms with Crippen LogP contribution in [0.3, 0.4) is 0 Å². The maximum absolute atomic E-state index is 6.07. The normalized spacial score (nSPS) is 10.4. The Balaban J connectivity index is 2.26. The number of hydrogen-bond donors (Lipinski definition) is 2. The fourth-order valence-corrected chi connectivity index (χ4v) is 2.27. The van der Waals surface area contributed by atoms with E-state index in [-0.39, 0.29) is 5.95 Å². The van der Waals surface area contributed by atoms with Gasteiger partial charge in [0.15, 0.2) is 0 Å². The van der Waals surface area contributed by atoms with E-state index in [1.165, 1.54) is 0 Å². The van der Waals surface area contributed by atoms with Crippen LogP contribution in [0, 0.1) is 0 Å². The van der Waals surface area contributed by atoms with Crippen molar-refractivity contribution in [1.82, 2.24) is 15.0 Å². The van der Waals surface area contributed by atoms with E-state index >= 15 is 0 Å². The zero-order valence-electron chi connectivity index (χ0n) is 12.0. The highest BCUT2D eigenvalue weighted by molar-refractivity contribution is 5.88. The molecule has 0 atom stereocenters. The first-order valence-corrected chi connectivity index (χ1v) is 6.67. The van der Waals surface area contributed by atoms with E-state index < -0.39 is 0 Å². The molecule has 0 aliphatic carbocycles. The monoisotopic (exact) mass is 293 g/mol. The average molecular weight is 293 g/mol. The highest BCUT2D eigenvalue weighted by atomic mass is 16.5. The number of rotatable bonds is 3. The highest BCUT2D eigenvalue weighted by Crippen LogP contribution is 2.35. The van der Waals surface area contributed by atoms with Gasteiger partial charge in [-0.15, -0.1) is 0 Å².